The molecule has 0 amide bonds. The molecule has 0 unspecified atom stereocenters. The second-order valence-corrected chi connectivity index (χ2v) is 11.4. The van der Waals surface area contributed by atoms with Crippen molar-refractivity contribution in [1.82, 2.24) is 0 Å². The monoisotopic (exact) mass is 454 g/mol. The lowest BCUT2D eigenvalue weighted by Crippen LogP contribution is -2.20. The minimum absolute atomic E-state index is 0.134. The van der Waals surface area contributed by atoms with Crippen LogP contribution in [0.2, 0.25) is 18.1 Å². The highest BCUT2D eigenvalue weighted by molar-refractivity contribution is 6.59. The Hall–Kier alpha value is -2.35. The summed E-state index contributed by atoms with van der Waals surface area (Å²) in [6.45, 7) is -0.210. The summed E-state index contributed by atoms with van der Waals surface area (Å²) >= 11 is 0. The number of hydrogen-bond donors (Lipinski definition) is 0. The molecule has 168 valence electrons. The third-order valence-electron chi connectivity index (χ3n) is 5.73. The Bertz CT molecular complexity index is 829. The highest BCUT2D eigenvalue weighted by atomic mass is 28.3. The molecular formula is C23H26F4O3Si. The van der Waals surface area contributed by atoms with Crippen LogP contribution in [-0.4, -0.2) is 27.8 Å². The first kappa shape index (κ1) is 23.3. The van der Waals surface area contributed by atoms with Gasteiger partial charge in [-0.25, -0.2) is 4.79 Å². The number of benzene rings is 2. The van der Waals surface area contributed by atoms with Crippen LogP contribution in [0.25, 0.3) is 0 Å². The van der Waals surface area contributed by atoms with E-state index in [1.54, 1.807) is 12.1 Å². The molecule has 1 aliphatic heterocycles. The Balaban J connectivity index is 1.50. The Morgan fingerprint density at radius 2 is 1.55 bits per heavy atom. The van der Waals surface area contributed by atoms with Crippen LogP contribution in [0, 0.1) is 0 Å². The van der Waals surface area contributed by atoms with Gasteiger partial charge in [0, 0.05) is 8.80 Å². The second-order valence-electron chi connectivity index (χ2n) is 7.93. The van der Waals surface area contributed by atoms with E-state index in [4.69, 9.17) is 4.74 Å². The summed E-state index contributed by atoms with van der Waals surface area (Å²) in [7, 11) is -0.707. The largest absolute Gasteiger partial charge is 0.573 e. The summed E-state index contributed by atoms with van der Waals surface area (Å²) in [5, 5.41) is 0. The first-order valence-corrected chi connectivity index (χ1v) is 13.0. The summed E-state index contributed by atoms with van der Waals surface area (Å²) in [4.78, 5) is 12.2. The molecule has 0 aliphatic carbocycles. The topological polar surface area (TPSA) is 35.5 Å². The van der Waals surface area contributed by atoms with E-state index in [0.717, 1.165) is 31.4 Å². The van der Waals surface area contributed by atoms with Crippen molar-refractivity contribution in [2.75, 3.05) is 6.67 Å². The van der Waals surface area contributed by atoms with Gasteiger partial charge in [0.2, 0.25) is 0 Å². The van der Waals surface area contributed by atoms with Gasteiger partial charge in [-0.15, -0.1) is 13.2 Å². The van der Waals surface area contributed by atoms with Crippen molar-refractivity contribution in [1.29, 1.82) is 0 Å². The molecule has 1 saturated heterocycles. The van der Waals surface area contributed by atoms with Gasteiger partial charge in [-0.1, -0.05) is 36.7 Å². The van der Waals surface area contributed by atoms with Crippen LogP contribution in [0.4, 0.5) is 17.6 Å². The molecule has 1 heterocycles. The molecule has 1 aliphatic rings. The number of esters is 1. The smallest absolute Gasteiger partial charge is 0.423 e. The fourth-order valence-corrected chi connectivity index (χ4v) is 7.56. The molecule has 1 fully saturated rings. The SMILES string of the molecule is O=C(Oc1ccc([C@H]2CC[Si@H](CCCCF)CC2)cc1)c1ccc(OC(F)(F)F)cc1. The van der Waals surface area contributed by atoms with Crippen molar-refractivity contribution in [2.24, 2.45) is 0 Å². The van der Waals surface area contributed by atoms with Crippen molar-refractivity contribution in [3.8, 4) is 11.5 Å². The number of ether oxygens (including phenoxy) is 2. The zero-order valence-electron chi connectivity index (χ0n) is 17.2. The van der Waals surface area contributed by atoms with E-state index < -0.39 is 26.9 Å². The van der Waals surface area contributed by atoms with Crippen molar-refractivity contribution >= 4 is 14.8 Å². The third kappa shape index (κ3) is 7.38. The average Bonchev–Trinajstić information content (AvgIpc) is 2.74. The minimum atomic E-state index is -4.78. The number of halogens is 4. The van der Waals surface area contributed by atoms with Gasteiger partial charge in [0.25, 0.3) is 0 Å². The highest BCUT2D eigenvalue weighted by Gasteiger charge is 2.31. The lowest BCUT2D eigenvalue weighted by Gasteiger charge is -2.28. The van der Waals surface area contributed by atoms with Crippen LogP contribution in [-0.2, 0) is 0 Å². The quantitative estimate of drug-likeness (QED) is 0.147. The van der Waals surface area contributed by atoms with E-state index in [-0.39, 0.29) is 12.2 Å². The predicted molar refractivity (Wildman–Crippen MR) is 113 cm³/mol. The summed E-state index contributed by atoms with van der Waals surface area (Å²) in [6.07, 6.45) is -0.731. The summed E-state index contributed by atoms with van der Waals surface area (Å²) in [5.74, 6) is -0.144. The van der Waals surface area contributed by atoms with Gasteiger partial charge in [-0.05, 0) is 67.1 Å². The first-order chi connectivity index (χ1) is 14.8. The van der Waals surface area contributed by atoms with Crippen LogP contribution < -0.4 is 9.47 Å². The molecule has 2 aromatic rings. The molecule has 0 radical (unpaired) electrons. The molecule has 3 rings (SSSR count). The lowest BCUT2D eigenvalue weighted by atomic mass is 9.93. The molecule has 0 N–H and O–H groups in total. The molecule has 31 heavy (non-hydrogen) atoms. The van der Waals surface area contributed by atoms with Gasteiger partial charge in [-0.2, -0.15) is 0 Å². The van der Waals surface area contributed by atoms with Crippen molar-refractivity contribution < 1.29 is 31.8 Å². The van der Waals surface area contributed by atoms with Gasteiger partial charge >= 0.3 is 12.3 Å². The number of unbranched alkanes of at least 4 members (excludes halogenated alkanes) is 1. The molecular weight excluding hydrogens is 428 g/mol. The average molecular weight is 455 g/mol. The molecule has 8 heteroatoms. The number of alkyl halides is 4. The van der Waals surface area contributed by atoms with E-state index in [1.165, 1.54) is 35.8 Å². The van der Waals surface area contributed by atoms with Crippen LogP contribution >= 0.6 is 0 Å². The maximum absolute atomic E-state index is 12.3. The van der Waals surface area contributed by atoms with Gasteiger partial charge in [0.15, 0.2) is 0 Å². The predicted octanol–water partition coefficient (Wildman–Crippen LogP) is 6.66. The number of rotatable bonds is 8. The van der Waals surface area contributed by atoms with Crippen molar-refractivity contribution in [3.63, 3.8) is 0 Å². The molecule has 0 aromatic heterocycles. The third-order valence-corrected chi connectivity index (χ3v) is 9.25. The zero-order chi connectivity index (χ0) is 22.3. The van der Waals surface area contributed by atoms with Gasteiger partial charge < -0.3 is 9.47 Å². The van der Waals surface area contributed by atoms with E-state index in [2.05, 4.69) is 4.74 Å². The lowest BCUT2D eigenvalue weighted by molar-refractivity contribution is -0.274. The second kappa shape index (κ2) is 10.8. The maximum atomic E-state index is 12.3. The van der Waals surface area contributed by atoms with Crippen LogP contribution in [0.15, 0.2) is 48.5 Å². The Morgan fingerprint density at radius 1 is 0.935 bits per heavy atom. The number of hydrogen-bond acceptors (Lipinski definition) is 3. The molecule has 0 spiro atoms. The molecule has 0 atom stereocenters. The Kier molecular flexibility index (Phi) is 8.12. The first-order valence-electron chi connectivity index (χ1n) is 10.6. The van der Waals surface area contributed by atoms with Crippen LogP contribution in [0.3, 0.4) is 0 Å². The van der Waals surface area contributed by atoms with E-state index in [0.29, 0.717) is 18.1 Å². The zero-order valence-corrected chi connectivity index (χ0v) is 18.3. The van der Waals surface area contributed by atoms with E-state index in [1.807, 2.05) is 12.1 Å². The van der Waals surface area contributed by atoms with Crippen molar-refractivity contribution in [2.45, 2.75) is 56.1 Å². The summed E-state index contributed by atoms with van der Waals surface area (Å²) in [5.41, 5.74) is 1.36. The summed E-state index contributed by atoms with van der Waals surface area (Å²) in [6, 6.07) is 15.9. The van der Waals surface area contributed by atoms with Gasteiger partial charge in [0.05, 0.1) is 12.2 Å². The molecule has 3 nitrogen and oxygen atoms in total. The number of carbonyl (C=O) groups excluding carboxylic acids is 1. The Morgan fingerprint density at radius 3 is 2.13 bits per heavy atom. The summed E-state index contributed by atoms with van der Waals surface area (Å²) < 4.78 is 58.0. The van der Waals surface area contributed by atoms with Crippen LogP contribution in [0.5, 0.6) is 11.5 Å². The molecule has 2 aromatic carbocycles. The fourth-order valence-electron chi connectivity index (χ4n) is 4.08. The van der Waals surface area contributed by atoms with Crippen LogP contribution in [0.1, 0.15) is 47.5 Å². The van der Waals surface area contributed by atoms with E-state index >= 15 is 0 Å². The fraction of sp³-hybridized carbons (Fsp3) is 0.435. The standard InChI is InChI=1S/C23H26F4O3Si/c24-13-1-2-14-31-15-11-18(12-16-31)17-3-7-20(8-4-17)29-22(28)19-5-9-21(10-6-19)30-23(25,26)27/h3-10,18,31H,1-2,11-16H2/t18-,31-. The van der Waals surface area contributed by atoms with Crippen molar-refractivity contribution in [3.05, 3.63) is 59.7 Å². The van der Waals surface area contributed by atoms with Gasteiger partial charge in [-0.3, -0.25) is 4.39 Å². The molecule has 0 bridgehead atoms. The number of carbonyl (C=O) groups is 1. The minimum Gasteiger partial charge on any atom is -0.423 e. The maximum Gasteiger partial charge on any atom is 0.573 e. The van der Waals surface area contributed by atoms with Gasteiger partial charge in [0.1, 0.15) is 11.5 Å². The highest BCUT2D eigenvalue weighted by Crippen LogP contribution is 2.35. The van der Waals surface area contributed by atoms with E-state index in [9.17, 15) is 22.4 Å². The normalized spacial score (nSPS) is 19.1. The molecule has 0 saturated carbocycles. The Labute approximate surface area is 181 Å².